The number of aromatic nitrogens is 12. The van der Waals surface area contributed by atoms with Crippen molar-refractivity contribution in [1.29, 1.82) is 0 Å². The fraction of sp³-hybridized carbons (Fsp3) is 0.303. The SMILES string of the molecule is COc1ncc(-c2cccc(N3CC=C(B4OC(C)(C)C(C)(C)O4)CC3)c2)cn1.COc1ncc(-c2cccc(N3CC=C(c4cnc(N)nc4N)CC3)c2)cn1.COc1ncc(-c2cccc(N3CCC(c4cnc(N)nc4N)CC3)c2)cn1.Nc1ncc(Br)c(N)n1. The zero-order valence-electron chi connectivity index (χ0n) is 53.6. The van der Waals surface area contributed by atoms with Crippen LogP contribution >= 0.6 is 15.9 Å². The molecule has 28 heteroatoms. The molecular weight excluding hydrogens is 1260 g/mol. The summed E-state index contributed by atoms with van der Waals surface area (Å²) < 4.78 is 28.2. The lowest BCUT2D eigenvalue weighted by Gasteiger charge is -2.34. The Morgan fingerprint density at radius 3 is 1.28 bits per heavy atom. The molecule has 0 saturated carbocycles. The molecule has 6 aromatic heterocycles. The minimum atomic E-state index is -0.301. The van der Waals surface area contributed by atoms with Gasteiger partial charge in [0.15, 0.2) is 0 Å². The van der Waals surface area contributed by atoms with Crippen LogP contribution in [0.3, 0.4) is 0 Å². The average Bonchev–Trinajstić information content (AvgIpc) is 1.72. The summed E-state index contributed by atoms with van der Waals surface area (Å²) in [4.78, 5) is 55.9. The van der Waals surface area contributed by atoms with Gasteiger partial charge in [0.1, 0.15) is 17.5 Å². The van der Waals surface area contributed by atoms with E-state index < -0.39 is 0 Å². The first-order chi connectivity index (χ1) is 45.3. The third-order valence-corrected chi connectivity index (χ3v) is 17.5. The molecule has 4 aliphatic heterocycles. The lowest BCUT2D eigenvalue weighted by atomic mass is 9.74. The number of benzene rings is 3. The predicted octanol–water partition coefficient (Wildman–Crippen LogP) is 9.21. The summed E-state index contributed by atoms with van der Waals surface area (Å²) in [6.07, 6.45) is 23.8. The van der Waals surface area contributed by atoms with Crippen LogP contribution in [0.4, 0.5) is 52.4 Å². The fourth-order valence-electron chi connectivity index (χ4n) is 10.9. The van der Waals surface area contributed by atoms with E-state index in [1.54, 1.807) is 70.9 Å². The highest BCUT2D eigenvalue weighted by atomic mass is 79.9. The summed E-state index contributed by atoms with van der Waals surface area (Å²) in [7, 11) is 4.43. The van der Waals surface area contributed by atoms with Gasteiger partial charge >= 0.3 is 25.1 Å². The van der Waals surface area contributed by atoms with Gasteiger partial charge in [0.2, 0.25) is 17.8 Å². The summed E-state index contributed by atoms with van der Waals surface area (Å²) in [6, 6.07) is 26.3. The Labute approximate surface area is 555 Å². The Hall–Kier alpha value is -10.3. The molecule has 4 aliphatic rings. The van der Waals surface area contributed by atoms with Crippen LogP contribution in [-0.4, -0.2) is 139 Å². The van der Waals surface area contributed by atoms with Gasteiger partial charge in [-0.2, -0.15) is 15.0 Å². The van der Waals surface area contributed by atoms with Crippen molar-refractivity contribution in [2.75, 3.05) is 110 Å². The highest BCUT2D eigenvalue weighted by molar-refractivity contribution is 9.10. The molecule has 0 amide bonds. The van der Waals surface area contributed by atoms with Gasteiger partial charge in [0.05, 0.1) is 37.0 Å². The molecule has 0 atom stereocenters. The standard InChI is InChI=1S/C22H28BN3O3.C20H23N7O.C20H21N7O.C4H5BrN4/c1-21(2)22(3,4)29-23(28-21)18-9-11-26(12-10-18)19-8-6-7-16(13-19)17-14-24-20(27-5)25-15-17;2*1-28-20-24-10-15(11-25-20)14-3-2-4-16(9-14)27-7-5-13(6-8-27)17-12-23-19(22)26-18(17)21;5-2-1-8-4(7)9-3(2)6/h6-9,13-15H,10-12H2,1-5H3;2-4,9-13H,5-8H2,1H3,(H4,21,22,23,26);2-5,9-12H,6-8H2,1H3,(H4,21,22,23,26);1H,(H4,6,7,8,9). The minimum Gasteiger partial charge on any atom is -0.467 e. The molecular formula is C66H77BBrN21O5. The summed E-state index contributed by atoms with van der Waals surface area (Å²) >= 11 is 3.12. The van der Waals surface area contributed by atoms with Crippen molar-refractivity contribution < 1.29 is 23.5 Å². The maximum absolute atomic E-state index is 6.21. The van der Waals surface area contributed by atoms with E-state index in [0.717, 1.165) is 121 Å². The van der Waals surface area contributed by atoms with Gasteiger partial charge in [-0.1, -0.05) is 48.6 Å². The second-order valence-electron chi connectivity index (χ2n) is 23.3. The van der Waals surface area contributed by atoms with E-state index in [1.165, 1.54) is 23.0 Å². The summed E-state index contributed by atoms with van der Waals surface area (Å²) in [5.41, 5.74) is 47.0. The number of rotatable bonds is 12. The number of nitrogens with two attached hydrogens (primary N) is 6. The Morgan fingerprint density at radius 2 is 0.883 bits per heavy atom. The number of nitrogen functional groups attached to an aromatic ring is 6. The molecule has 13 rings (SSSR count). The zero-order chi connectivity index (χ0) is 66.5. The molecule has 486 valence electrons. The van der Waals surface area contributed by atoms with Crippen LogP contribution in [0.2, 0.25) is 0 Å². The van der Waals surface area contributed by atoms with E-state index in [0.29, 0.717) is 45.9 Å². The van der Waals surface area contributed by atoms with Crippen molar-refractivity contribution >= 4 is 81.0 Å². The lowest BCUT2D eigenvalue weighted by Crippen LogP contribution is -2.41. The van der Waals surface area contributed by atoms with Crippen molar-refractivity contribution in [3.63, 3.8) is 0 Å². The van der Waals surface area contributed by atoms with Gasteiger partial charge in [-0.25, -0.2) is 44.9 Å². The van der Waals surface area contributed by atoms with Gasteiger partial charge in [0.25, 0.3) is 0 Å². The topological polar surface area (TPSA) is 367 Å². The Bertz CT molecular complexity index is 4090. The third kappa shape index (κ3) is 16.5. The molecule has 2 saturated heterocycles. The Balaban J connectivity index is 0.000000144. The van der Waals surface area contributed by atoms with Crippen LogP contribution in [0.5, 0.6) is 18.0 Å². The molecule has 3 aromatic carbocycles. The van der Waals surface area contributed by atoms with Crippen molar-refractivity contribution in [3.05, 3.63) is 162 Å². The molecule has 0 radical (unpaired) electrons. The largest absolute Gasteiger partial charge is 0.490 e. The number of hydrogen-bond acceptors (Lipinski definition) is 26. The van der Waals surface area contributed by atoms with Crippen LogP contribution in [0.25, 0.3) is 39.0 Å². The number of piperidine rings is 1. The van der Waals surface area contributed by atoms with Crippen molar-refractivity contribution in [3.8, 4) is 51.4 Å². The quantitative estimate of drug-likeness (QED) is 0.0620. The first-order valence-corrected chi connectivity index (χ1v) is 31.2. The maximum Gasteiger partial charge on any atom is 0.490 e. The van der Waals surface area contributed by atoms with E-state index in [1.807, 2.05) is 12.1 Å². The van der Waals surface area contributed by atoms with E-state index in [2.05, 4.69) is 191 Å². The molecule has 9 aromatic rings. The zero-order valence-corrected chi connectivity index (χ0v) is 55.2. The van der Waals surface area contributed by atoms with Crippen LogP contribution < -0.4 is 63.3 Å². The highest BCUT2D eigenvalue weighted by Crippen LogP contribution is 2.41. The normalized spacial score (nSPS) is 15.8. The Morgan fingerprint density at radius 1 is 0.468 bits per heavy atom. The molecule has 0 aliphatic carbocycles. The summed E-state index contributed by atoms with van der Waals surface area (Å²) in [5, 5.41) is 0. The summed E-state index contributed by atoms with van der Waals surface area (Å²) in [6.45, 7) is 13.7. The molecule has 0 bridgehead atoms. The average molecular weight is 1340 g/mol. The second-order valence-corrected chi connectivity index (χ2v) is 24.2. The van der Waals surface area contributed by atoms with Crippen LogP contribution in [-0.2, 0) is 9.31 Å². The van der Waals surface area contributed by atoms with Gasteiger partial charge in [-0.3, -0.25) is 0 Å². The maximum atomic E-state index is 6.21. The minimum absolute atomic E-state index is 0.190. The van der Waals surface area contributed by atoms with Gasteiger partial charge < -0.3 is 72.6 Å². The first-order valence-electron chi connectivity index (χ1n) is 30.4. The number of halogens is 1. The van der Waals surface area contributed by atoms with Crippen LogP contribution in [0, 0.1) is 0 Å². The Kier molecular flexibility index (Phi) is 21.2. The van der Waals surface area contributed by atoms with Crippen molar-refractivity contribution in [2.24, 2.45) is 0 Å². The lowest BCUT2D eigenvalue weighted by molar-refractivity contribution is 0.00578. The monoisotopic (exact) mass is 1330 g/mol. The first kappa shape index (κ1) is 66.6. The molecule has 10 heterocycles. The van der Waals surface area contributed by atoms with Crippen molar-refractivity contribution in [1.82, 2.24) is 59.8 Å². The molecule has 0 spiro atoms. The van der Waals surface area contributed by atoms with E-state index in [9.17, 15) is 0 Å². The molecule has 26 nitrogen and oxygen atoms in total. The van der Waals surface area contributed by atoms with E-state index >= 15 is 0 Å². The number of methoxy groups -OCH3 is 3. The smallest absolute Gasteiger partial charge is 0.467 e. The number of anilines is 9. The summed E-state index contributed by atoms with van der Waals surface area (Å²) in [5.74, 6) is 2.24. The second kappa shape index (κ2) is 30.0. The highest BCUT2D eigenvalue weighted by Gasteiger charge is 2.52. The van der Waals surface area contributed by atoms with E-state index in [4.69, 9.17) is 57.9 Å². The third-order valence-electron chi connectivity index (χ3n) is 16.8. The van der Waals surface area contributed by atoms with Crippen molar-refractivity contribution in [2.45, 2.75) is 70.5 Å². The van der Waals surface area contributed by atoms with Crippen LogP contribution in [0.15, 0.2) is 151 Å². The molecule has 12 N–H and O–H groups in total. The van der Waals surface area contributed by atoms with Crippen LogP contribution in [0.1, 0.15) is 70.4 Å². The molecule has 2 fully saturated rings. The van der Waals surface area contributed by atoms with Gasteiger partial charge in [-0.05, 0) is 139 Å². The predicted molar refractivity (Wildman–Crippen MR) is 372 cm³/mol. The van der Waals surface area contributed by atoms with E-state index in [-0.39, 0.29) is 36.2 Å². The van der Waals surface area contributed by atoms with Gasteiger partial charge in [0, 0.05) is 140 Å². The number of nitrogens with zero attached hydrogens (tertiary/aromatic N) is 15. The molecule has 94 heavy (non-hydrogen) atoms. The molecule has 0 unspecified atom stereocenters. The fourth-order valence-corrected chi connectivity index (χ4v) is 11.1. The number of ether oxygens (including phenoxy) is 3. The number of hydrogen-bond donors (Lipinski definition) is 6. The van der Waals surface area contributed by atoms with Gasteiger partial charge in [-0.15, -0.1) is 0 Å².